The molecule has 0 spiro atoms. The standard InChI is InChI=1S/C54H73N15O27P4/c1-25-17-67(53(77)63-47(25)72)42-13-29(33(19-70)88-42)93-97(4,79)84-21-35-30(14-40(90-35)65-10-8-38(55)59-51(65)75)94-99(6,81)85-22-36-31(15-41(91-36)66-11-9-39(56)60-52(66)76)95-100(7,82)86-23-37-32(16-43(92-37)68-18-26(2)48(73)64-54(68)78)96-98(5,80)83-20-34-28(87-27(3)71)12-44(89-34)69-24-58-45-46(69)61-50(57)62-49(45)74/h8-11,17-18,24,28-37,40-44,70H,12-16,19-23H2,1-7H3,(H2,55,59,75)(H2,56,60,76)(H,63,72,77)(H,64,73,78)(H3,57,61,62,74)/t28-,29-,30-,31-,32-,33+,34+,35+,36+,37+,40+,41+,42+,43+,44+,97+,98+,99+,100+/m0/s1. The Morgan fingerprint density at radius 3 is 1.25 bits per heavy atom. The van der Waals surface area contributed by atoms with Crippen LogP contribution in [0.1, 0.15) is 81.3 Å². The van der Waals surface area contributed by atoms with E-state index in [2.05, 4.69) is 34.9 Å². The summed E-state index contributed by atoms with van der Waals surface area (Å²) in [5, 5.41) is 10.2. The van der Waals surface area contributed by atoms with E-state index in [9.17, 15) is 61.7 Å². The van der Waals surface area contributed by atoms with Crippen molar-refractivity contribution in [2.24, 2.45) is 0 Å². The van der Waals surface area contributed by atoms with Gasteiger partial charge in [0.25, 0.3) is 16.7 Å². The first-order valence-electron chi connectivity index (χ1n) is 30.8. The second-order valence-corrected chi connectivity index (χ2v) is 32.4. The summed E-state index contributed by atoms with van der Waals surface area (Å²) in [6.45, 7) is 5.40. The van der Waals surface area contributed by atoms with Gasteiger partial charge in [-0.25, -0.2) is 24.2 Å². The maximum Gasteiger partial charge on any atom is 0.351 e. The van der Waals surface area contributed by atoms with Crippen LogP contribution in [0.2, 0.25) is 0 Å². The van der Waals surface area contributed by atoms with Gasteiger partial charge in [0.1, 0.15) is 79.4 Å². The number of fused-ring (bicyclic) bond motifs is 1. The van der Waals surface area contributed by atoms with E-state index in [4.69, 9.17) is 81.8 Å². The molecule has 46 heteroatoms. The van der Waals surface area contributed by atoms with Gasteiger partial charge in [0.2, 0.25) is 5.95 Å². The number of aliphatic hydroxyl groups excluding tert-OH is 1. The maximum absolute atomic E-state index is 14.7. The molecule has 5 saturated heterocycles. The average molecular weight is 1490 g/mol. The number of rotatable bonds is 27. The molecule has 11 rings (SSSR count). The third-order valence-electron chi connectivity index (χ3n) is 16.6. The minimum atomic E-state index is -4.41. The summed E-state index contributed by atoms with van der Waals surface area (Å²) in [7, 11) is -17.3. The lowest BCUT2D eigenvalue weighted by molar-refractivity contribution is -0.150. The predicted molar refractivity (Wildman–Crippen MR) is 343 cm³/mol. The second kappa shape index (κ2) is 29.6. The Labute approximate surface area is 563 Å². The molecule has 0 radical (unpaired) electrons. The van der Waals surface area contributed by atoms with E-state index in [1.807, 2.05) is 0 Å². The number of nitrogens with two attached hydrogens (primary N) is 3. The van der Waals surface area contributed by atoms with Crippen LogP contribution in [-0.2, 0) is 87.7 Å². The van der Waals surface area contributed by atoms with Crippen LogP contribution in [-0.4, -0.2) is 190 Å². The number of hydrogen-bond acceptors (Lipinski definition) is 34. The molecule has 42 nitrogen and oxygen atoms in total. The summed E-state index contributed by atoms with van der Waals surface area (Å²) in [5.74, 6) is -1.12. The van der Waals surface area contributed by atoms with Crippen LogP contribution in [0.3, 0.4) is 0 Å². The molecule has 6 aromatic heterocycles. The topological polar surface area (TPSA) is 556 Å². The summed E-state index contributed by atoms with van der Waals surface area (Å²) < 4.78 is 148. The van der Waals surface area contributed by atoms with Gasteiger partial charge in [0, 0.05) is 102 Å². The largest absolute Gasteiger partial charge is 0.460 e. The summed E-state index contributed by atoms with van der Waals surface area (Å²) >= 11 is 0. The van der Waals surface area contributed by atoms with Crippen molar-refractivity contribution in [3.63, 3.8) is 0 Å². The lowest BCUT2D eigenvalue weighted by atomic mass is 10.2. The molecule has 0 aromatic carbocycles. The molecule has 5 aliphatic rings. The van der Waals surface area contributed by atoms with Crippen molar-refractivity contribution in [3.8, 4) is 0 Å². The Kier molecular flexibility index (Phi) is 21.9. The Hall–Kier alpha value is -7.30. The minimum absolute atomic E-state index is 0.00307. The smallest absolute Gasteiger partial charge is 0.351 e. The fourth-order valence-electron chi connectivity index (χ4n) is 11.9. The zero-order valence-electron chi connectivity index (χ0n) is 54.4. The molecule has 0 saturated carbocycles. The highest BCUT2D eigenvalue weighted by Gasteiger charge is 2.49. The van der Waals surface area contributed by atoms with Gasteiger partial charge in [-0.15, -0.1) is 0 Å². The Morgan fingerprint density at radius 1 is 0.520 bits per heavy atom. The van der Waals surface area contributed by atoms with Gasteiger partial charge in [-0.2, -0.15) is 15.0 Å². The molecule has 0 bridgehead atoms. The molecule has 5 aliphatic heterocycles. The van der Waals surface area contributed by atoms with Crippen LogP contribution in [0, 0.1) is 13.8 Å². The number of H-pyrrole nitrogens is 3. The number of nitrogens with zero attached hydrogens (tertiary/aromatic N) is 9. The molecule has 6 aromatic rings. The zero-order valence-corrected chi connectivity index (χ0v) is 58.0. The zero-order chi connectivity index (χ0) is 72.1. The van der Waals surface area contributed by atoms with Crippen molar-refractivity contribution in [1.29, 1.82) is 0 Å². The first-order valence-corrected chi connectivity index (χ1v) is 38.8. The summed E-state index contributed by atoms with van der Waals surface area (Å²) in [6, 6.07) is 2.63. The van der Waals surface area contributed by atoms with E-state index in [1.54, 1.807) is 0 Å². The van der Waals surface area contributed by atoms with Gasteiger partial charge in [-0.3, -0.25) is 75.2 Å². The van der Waals surface area contributed by atoms with Crippen LogP contribution in [0.5, 0.6) is 0 Å². The first-order chi connectivity index (χ1) is 47.1. The van der Waals surface area contributed by atoms with Gasteiger partial charge in [0.15, 0.2) is 11.2 Å². The highest BCUT2D eigenvalue weighted by atomic mass is 31.2. The van der Waals surface area contributed by atoms with E-state index >= 15 is 0 Å². The number of aryl methyl sites for hydroxylation is 2. The van der Waals surface area contributed by atoms with E-state index in [0.29, 0.717) is 0 Å². The molecule has 100 heavy (non-hydrogen) atoms. The number of ether oxygens (including phenoxy) is 6. The van der Waals surface area contributed by atoms with E-state index < -0.39 is 201 Å². The highest BCUT2D eigenvalue weighted by Crippen LogP contribution is 2.55. The second-order valence-electron chi connectivity index (χ2n) is 24.3. The lowest BCUT2D eigenvalue weighted by Crippen LogP contribution is -2.33. The van der Waals surface area contributed by atoms with Gasteiger partial charge >= 0.3 is 59.1 Å². The van der Waals surface area contributed by atoms with Crippen LogP contribution in [0.4, 0.5) is 17.6 Å². The SMILES string of the molecule is CC(=O)O[C@H]1C[C@H](n2cnc3c(=O)[nH]c(N)nc32)O[C@@H]1CO[P@@](C)(=O)O[C@H]1C[C@H](n2cc(C)c(=O)[nH]c2=O)O[C@@H]1CO[P@@](C)(=O)O[C@H]1C[C@H](n2ccc(N)nc2=O)O[C@@H]1CO[P@@](C)(=O)O[C@H]1C[C@H](n2ccc(N)nc2=O)O[C@@H]1CO[P@@](C)(=O)O[C@H]1C[C@H](n2cc(C)c(=O)[nH]c2=O)O[C@@H]1CO. The van der Waals surface area contributed by atoms with E-state index in [-0.39, 0.29) is 72.0 Å². The van der Waals surface area contributed by atoms with Crippen molar-refractivity contribution in [1.82, 2.24) is 57.7 Å². The maximum atomic E-state index is 14.7. The number of carbonyl (C=O) groups is 1. The third kappa shape index (κ3) is 17.2. The molecule has 546 valence electrons. The number of aromatic nitrogens is 12. The van der Waals surface area contributed by atoms with E-state index in [0.717, 1.165) is 44.9 Å². The summed E-state index contributed by atoms with van der Waals surface area (Å²) in [4.78, 5) is 124. The lowest BCUT2D eigenvalue weighted by Gasteiger charge is -2.27. The van der Waals surface area contributed by atoms with Crippen molar-refractivity contribution < 1.29 is 92.8 Å². The number of imidazole rings is 1. The fraction of sp³-hybridized carbons (Fsp3) is 0.593. The Bertz CT molecular complexity index is 4710. The Balaban J connectivity index is 0.775. The Morgan fingerprint density at radius 2 is 0.870 bits per heavy atom. The molecular formula is C54H73N15O27P4. The predicted octanol–water partition coefficient (Wildman–Crippen LogP) is 0.358. The van der Waals surface area contributed by atoms with Crippen LogP contribution in [0.25, 0.3) is 11.2 Å². The monoisotopic (exact) mass is 1490 g/mol. The molecule has 0 aliphatic carbocycles. The quantitative estimate of drug-likeness (QED) is 0.0270. The van der Waals surface area contributed by atoms with Gasteiger partial charge in [-0.1, -0.05) is 0 Å². The number of aromatic amines is 3. The van der Waals surface area contributed by atoms with Crippen LogP contribution < -0.4 is 56.6 Å². The number of nitrogen functional groups attached to an aromatic ring is 3. The van der Waals surface area contributed by atoms with Crippen molar-refractivity contribution in [2.75, 3.05) is 76.9 Å². The first kappa shape index (κ1) is 73.9. The van der Waals surface area contributed by atoms with Crippen molar-refractivity contribution in [2.45, 2.75) is 145 Å². The number of aliphatic hydroxyl groups is 1. The van der Waals surface area contributed by atoms with Crippen LogP contribution in [0.15, 0.2) is 76.8 Å². The number of hydrogen-bond donors (Lipinski definition) is 7. The average Bonchev–Trinajstić information content (AvgIpc) is 1.64. The van der Waals surface area contributed by atoms with E-state index in [1.165, 1.54) is 68.6 Å². The molecule has 5 fully saturated rings. The molecule has 0 unspecified atom stereocenters. The molecule has 11 heterocycles. The minimum Gasteiger partial charge on any atom is -0.460 e. The van der Waals surface area contributed by atoms with Crippen molar-refractivity contribution in [3.05, 3.63) is 127 Å². The molecule has 10 N–H and O–H groups in total. The van der Waals surface area contributed by atoms with Gasteiger partial charge < -0.3 is 86.9 Å². The highest BCUT2D eigenvalue weighted by molar-refractivity contribution is 7.53. The molecular weight excluding hydrogens is 1410 g/mol. The fourth-order valence-corrected chi connectivity index (χ4v) is 16.7. The van der Waals surface area contributed by atoms with Gasteiger partial charge in [0.05, 0.1) is 63.8 Å². The number of esters is 1. The summed E-state index contributed by atoms with van der Waals surface area (Å²) in [6.07, 6.45) is -12.4. The number of carbonyl (C=O) groups excluding carboxylic acids is 1. The van der Waals surface area contributed by atoms with Gasteiger partial charge in [-0.05, 0) is 26.0 Å². The van der Waals surface area contributed by atoms with Crippen molar-refractivity contribution >= 4 is 65.1 Å². The molecule has 0 amide bonds. The van der Waals surface area contributed by atoms with Crippen LogP contribution >= 0.6 is 30.4 Å². The molecule has 19 atom stereocenters. The third-order valence-corrected chi connectivity index (χ3v) is 21.7. The number of nitrogens with one attached hydrogen (secondary N) is 3. The number of anilines is 3. The normalized spacial score (nSPS) is 29.3. The summed E-state index contributed by atoms with van der Waals surface area (Å²) in [5.41, 5.74) is 12.4.